The van der Waals surface area contributed by atoms with Gasteiger partial charge in [0.2, 0.25) is 5.78 Å². The maximum atomic E-state index is 12.8. The molecule has 2 N–H and O–H groups in total. The van der Waals surface area contributed by atoms with Crippen LogP contribution in [-0.2, 0) is 9.53 Å². The summed E-state index contributed by atoms with van der Waals surface area (Å²) in [6.07, 6.45) is 2.32. The molecule has 2 aliphatic rings. The van der Waals surface area contributed by atoms with Crippen LogP contribution in [0, 0.1) is 0 Å². The van der Waals surface area contributed by atoms with Crippen LogP contribution in [0.25, 0.3) is 5.57 Å². The van der Waals surface area contributed by atoms with Gasteiger partial charge in [-0.25, -0.2) is 0 Å². The maximum absolute atomic E-state index is 12.8. The average molecular weight is 322 g/mol. The highest BCUT2D eigenvalue weighted by Gasteiger charge is 2.33. The fraction of sp³-hybridized carbons (Fsp3) is 0.158. The SMILES string of the molecule is O=C1CCC(C=C2c3cccc(O)c3C(=O)c3c(O)cccc32)O1. The van der Waals surface area contributed by atoms with Crippen molar-refractivity contribution in [1.82, 2.24) is 0 Å². The molecule has 0 aromatic heterocycles. The van der Waals surface area contributed by atoms with E-state index >= 15 is 0 Å². The third kappa shape index (κ3) is 2.09. The van der Waals surface area contributed by atoms with E-state index in [-0.39, 0.29) is 34.7 Å². The van der Waals surface area contributed by atoms with E-state index in [1.807, 2.05) is 0 Å². The van der Waals surface area contributed by atoms with Crippen LogP contribution in [0.15, 0.2) is 42.5 Å². The largest absolute Gasteiger partial charge is 0.507 e. The molecule has 0 amide bonds. The lowest BCUT2D eigenvalue weighted by Gasteiger charge is -2.23. The van der Waals surface area contributed by atoms with Gasteiger partial charge >= 0.3 is 5.97 Å². The Labute approximate surface area is 137 Å². The summed E-state index contributed by atoms with van der Waals surface area (Å²) in [6.45, 7) is 0. The van der Waals surface area contributed by atoms with Crippen molar-refractivity contribution in [3.63, 3.8) is 0 Å². The van der Waals surface area contributed by atoms with Crippen molar-refractivity contribution in [2.45, 2.75) is 18.9 Å². The zero-order chi connectivity index (χ0) is 16.8. The molecule has 0 bridgehead atoms. The minimum Gasteiger partial charge on any atom is -0.507 e. The van der Waals surface area contributed by atoms with E-state index in [1.165, 1.54) is 12.1 Å². The van der Waals surface area contributed by atoms with E-state index in [9.17, 15) is 19.8 Å². The van der Waals surface area contributed by atoms with Crippen LogP contribution in [0.2, 0.25) is 0 Å². The summed E-state index contributed by atoms with van der Waals surface area (Å²) in [4.78, 5) is 24.1. The Bertz CT molecular complexity index is 852. The highest BCUT2D eigenvalue weighted by Crippen LogP contribution is 2.42. The van der Waals surface area contributed by atoms with Gasteiger partial charge in [-0.2, -0.15) is 0 Å². The van der Waals surface area contributed by atoms with Crippen molar-refractivity contribution in [3.05, 3.63) is 64.7 Å². The number of esters is 1. The molecular weight excluding hydrogens is 308 g/mol. The third-order valence-corrected chi connectivity index (χ3v) is 4.39. The first-order valence-corrected chi connectivity index (χ1v) is 7.67. The number of benzene rings is 2. The van der Waals surface area contributed by atoms with Gasteiger partial charge in [0.25, 0.3) is 0 Å². The van der Waals surface area contributed by atoms with Gasteiger partial charge in [0.15, 0.2) is 0 Å². The number of carbonyl (C=O) groups excluding carboxylic acids is 2. The molecule has 0 spiro atoms. The number of fused-ring (bicyclic) bond motifs is 2. The monoisotopic (exact) mass is 322 g/mol. The number of hydrogen-bond acceptors (Lipinski definition) is 5. The minimum absolute atomic E-state index is 0.138. The lowest BCUT2D eigenvalue weighted by Crippen LogP contribution is -2.16. The van der Waals surface area contributed by atoms with E-state index in [1.54, 1.807) is 30.3 Å². The fourth-order valence-electron chi connectivity index (χ4n) is 3.31. The summed E-state index contributed by atoms with van der Waals surface area (Å²) in [6, 6.07) is 9.67. The highest BCUT2D eigenvalue weighted by molar-refractivity contribution is 6.21. The van der Waals surface area contributed by atoms with Crippen LogP contribution < -0.4 is 0 Å². The number of hydrogen-bond donors (Lipinski definition) is 2. The smallest absolute Gasteiger partial charge is 0.306 e. The highest BCUT2D eigenvalue weighted by atomic mass is 16.5. The molecule has 1 fully saturated rings. The lowest BCUT2D eigenvalue weighted by molar-refractivity contribution is -0.139. The Morgan fingerprint density at radius 3 is 2.04 bits per heavy atom. The Balaban J connectivity index is 1.97. The van der Waals surface area contributed by atoms with E-state index < -0.39 is 5.78 Å². The average Bonchev–Trinajstić information content (AvgIpc) is 2.96. The summed E-state index contributed by atoms with van der Waals surface area (Å²) in [5.74, 6) is -0.950. The van der Waals surface area contributed by atoms with Crippen molar-refractivity contribution in [2.24, 2.45) is 0 Å². The quantitative estimate of drug-likeness (QED) is 0.673. The predicted octanol–water partition coefficient (Wildman–Crippen LogP) is 2.78. The van der Waals surface area contributed by atoms with Crippen LogP contribution in [-0.4, -0.2) is 28.1 Å². The zero-order valence-corrected chi connectivity index (χ0v) is 12.7. The molecule has 24 heavy (non-hydrogen) atoms. The number of rotatable bonds is 1. The first kappa shape index (κ1) is 14.5. The minimum atomic E-state index is -0.420. The molecule has 1 aliphatic carbocycles. The molecule has 1 saturated heterocycles. The van der Waals surface area contributed by atoms with Gasteiger partial charge < -0.3 is 14.9 Å². The normalized spacial score (nSPS) is 18.8. The summed E-state index contributed by atoms with van der Waals surface area (Å²) in [7, 11) is 0. The van der Waals surface area contributed by atoms with Crippen molar-refractivity contribution >= 4 is 17.3 Å². The first-order valence-electron chi connectivity index (χ1n) is 7.67. The standard InChI is InChI=1S/C19H14O5/c20-14-5-1-3-11-13(9-10-7-8-16(22)24-10)12-4-2-6-15(21)18(12)19(23)17(11)14/h1-6,9-10,20-21H,7-8H2. The summed E-state index contributed by atoms with van der Waals surface area (Å²) < 4.78 is 5.26. The Kier molecular flexibility index (Phi) is 3.16. The molecule has 2 aromatic carbocycles. The molecular formula is C19H14O5. The summed E-state index contributed by atoms with van der Waals surface area (Å²) in [5.41, 5.74) is 2.12. The third-order valence-electron chi connectivity index (χ3n) is 4.39. The second-order valence-electron chi connectivity index (χ2n) is 5.88. The molecule has 1 aliphatic heterocycles. The van der Waals surface area contributed by atoms with Gasteiger partial charge in [-0.05, 0) is 41.3 Å². The summed E-state index contributed by atoms with van der Waals surface area (Å²) >= 11 is 0. The Morgan fingerprint density at radius 1 is 0.958 bits per heavy atom. The molecule has 1 atom stereocenters. The number of cyclic esters (lactones) is 1. The Morgan fingerprint density at radius 2 is 1.54 bits per heavy atom. The molecule has 5 heteroatoms. The van der Waals surface area contributed by atoms with Crippen LogP contribution in [0.4, 0.5) is 0 Å². The van der Waals surface area contributed by atoms with Gasteiger partial charge in [-0.3, -0.25) is 9.59 Å². The molecule has 4 rings (SSSR count). The predicted molar refractivity (Wildman–Crippen MR) is 85.8 cm³/mol. The number of ketones is 1. The van der Waals surface area contributed by atoms with Crippen molar-refractivity contribution < 1.29 is 24.5 Å². The van der Waals surface area contributed by atoms with Gasteiger partial charge in [0.1, 0.15) is 17.6 Å². The molecule has 0 radical (unpaired) electrons. The fourth-order valence-corrected chi connectivity index (χ4v) is 3.31. The van der Waals surface area contributed by atoms with Gasteiger partial charge in [-0.15, -0.1) is 0 Å². The van der Waals surface area contributed by atoms with Crippen molar-refractivity contribution in [1.29, 1.82) is 0 Å². The Hall–Kier alpha value is -3.08. The second kappa shape index (κ2) is 5.23. The number of phenolic OH excluding ortho intramolecular Hbond substituents is 2. The van der Waals surface area contributed by atoms with Crippen LogP contribution in [0.1, 0.15) is 39.9 Å². The molecule has 5 nitrogen and oxygen atoms in total. The van der Waals surface area contributed by atoms with Crippen LogP contribution >= 0.6 is 0 Å². The van der Waals surface area contributed by atoms with Crippen molar-refractivity contribution in [2.75, 3.05) is 0 Å². The topological polar surface area (TPSA) is 83.8 Å². The van der Waals surface area contributed by atoms with E-state index in [0.717, 1.165) is 0 Å². The number of aromatic hydroxyl groups is 2. The van der Waals surface area contributed by atoms with Crippen LogP contribution in [0.3, 0.4) is 0 Å². The van der Waals surface area contributed by atoms with E-state index in [0.29, 0.717) is 29.5 Å². The van der Waals surface area contributed by atoms with Gasteiger partial charge in [-0.1, -0.05) is 24.3 Å². The first-order chi connectivity index (χ1) is 11.6. The number of ether oxygens (including phenoxy) is 1. The van der Waals surface area contributed by atoms with Gasteiger partial charge in [0, 0.05) is 6.42 Å². The molecule has 2 aromatic rings. The van der Waals surface area contributed by atoms with Gasteiger partial charge in [0.05, 0.1) is 11.1 Å². The van der Waals surface area contributed by atoms with Crippen LogP contribution in [0.5, 0.6) is 11.5 Å². The molecule has 1 heterocycles. The molecule has 120 valence electrons. The summed E-state index contributed by atoms with van der Waals surface area (Å²) in [5, 5.41) is 20.3. The number of phenols is 2. The van der Waals surface area contributed by atoms with E-state index in [4.69, 9.17) is 4.74 Å². The molecule has 1 unspecified atom stereocenters. The van der Waals surface area contributed by atoms with E-state index in [2.05, 4.69) is 0 Å². The second-order valence-corrected chi connectivity index (χ2v) is 5.88. The molecule has 0 saturated carbocycles. The maximum Gasteiger partial charge on any atom is 0.306 e. The lowest BCUT2D eigenvalue weighted by atomic mass is 9.80. The van der Waals surface area contributed by atoms with Crippen molar-refractivity contribution in [3.8, 4) is 11.5 Å². The zero-order valence-electron chi connectivity index (χ0n) is 12.7. The number of carbonyl (C=O) groups is 2.